The topological polar surface area (TPSA) is 26.0 Å². The predicted octanol–water partition coefficient (Wildman–Crippen LogP) is 5.11. The zero-order chi connectivity index (χ0) is 13.1. The zero-order valence-corrected chi connectivity index (χ0v) is 13.5. The highest BCUT2D eigenvalue weighted by atomic mass is 79.9. The lowest BCUT2D eigenvalue weighted by Gasteiger charge is -2.14. The molecule has 18 heavy (non-hydrogen) atoms. The summed E-state index contributed by atoms with van der Waals surface area (Å²) in [5.74, 6) is 0. The van der Waals surface area contributed by atoms with E-state index in [1.54, 1.807) is 0 Å². The third-order valence-corrected chi connectivity index (χ3v) is 4.59. The molecule has 2 N–H and O–H groups in total. The first-order chi connectivity index (χ1) is 8.58. The average molecular weight is 390 g/mol. The molecule has 1 atom stereocenters. The van der Waals surface area contributed by atoms with E-state index in [1.807, 2.05) is 30.3 Å². The molecular formula is C14H12Br2ClN. The monoisotopic (exact) mass is 387 g/mol. The van der Waals surface area contributed by atoms with Crippen molar-refractivity contribution in [2.75, 3.05) is 0 Å². The van der Waals surface area contributed by atoms with Gasteiger partial charge in [0.25, 0.3) is 0 Å². The number of rotatable bonds is 3. The van der Waals surface area contributed by atoms with Crippen molar-refractivity contribution in [1.29, 1.82) is 0 Å². The SMILES string of the molecule is NC(Cc1ccc(Br)cc1)c1cccc(Br)c1Cl. The summed E-state index contributed by atoms with van der Waals surface area (Å²) in [6, 6.07) is 13.9. The van der Waals surface area contributed by atoms with Gasteiger partial charge in [-0.05, 0) is 51.7 Å². The van der Waals surface area contributed by atoms with Crippen molar-refractivity contribution in [3.05, 3.63) is 67.6 Å². The largest absolute Gasteiger partial charge is 0.324 e. The van der Waals surface area contributed by atoms with E-state index in [0.29, 0.717) is 5.02 Å². The molecule has 1 unspecified atom stereocenters. The summed E-state index contributed by atoms with van der Waals surface area (Å²) >= 11 is 13.1. The van der Waals surface area contributed by atoms with Gasteiger partial charge in [0.1, 0.15) is 0 Å². The van der Waals surface area contributed by atoms with Gasteiger partial charge in [-0.1, -0.05) is 51.8 Å². The van der Waals surface area contributed by atoms with Gasteiger partial charge in [-0.15, -0.1) is 0 Å². The summed E-state index contributed by atoms with van der Waals surface area (Å²) in [6.45, 7) is 0. The first kappa shape index (κ1) is 14.1. The number of hydrogen-bond acceptors (Lipinski definition) is 1. The molecule has 0 heterocycles. The Bertz CT molecular complexity index is 540. The van der Waals surface area contributed by atoms with E-state index in [4.69, 9.17) is 17.3 Å². The maximum absolute atomic E-state index is 6.25. The van der Waals surface area contributed by atoms with Crippen LogP contribution in [0.25, 0.3) is 0 Å². The molecule has 0 amide bonds. The Kier molecular flexibility index (Phi) is 4.84. The fourth-order valence-corrected chi connectivity index (χ4v) is 2.70. The number of hydrogen-bond donors (Lipinski definition) is 1. The van der Waals surface area contributed by atoms with Crippen LogP contribution >= 0.6 is 43.5 Å². The highest BCUT2D eigenvalue weighted by Gasteiger charge is 2.12. The maximum atomic E-state index is 6.25. The van der Waals surface area contributed by atoms with Gasteiger partial charge in [0.05, 0.1) is 5.02 Å². The average Bonchev–Trinajstić information content (AvgIpc) is 2.35. The van der Waals surface area contributed by atoms with E-state index in [-0.39, 0.29) is 6.04 Å². The Hall–Kier alpha value is -0.350. The quantitative estimate of drug-likeness (QED) is 0.776. The maximum Gasteiger partial charge on any atom is 0.0595 e. The number of halogens is 3. The lowest BCUT2D eigenvalue weighted by atomic mass is 10.00. The second kappa shape index (κ2) is 6.20. The lowest BCUT2D eigenvalue weighted by molar-refractivity contribution is 0.721. The summed E-state index contributed by atoms with van der Waals surface area (Å²) in [5, 5.41) is 0.696. The summed E-state index contributed by atoms with van der Waals surface area (Å²) in [4.78, 5) is 0. The Balaban J connectivity index is 2.19. The first-order valence-electron chi connectivity index (χ1n) is 5.52. The molecule has 0 aliphatic carbocycles. The second-order valence-electron chi connectivity index (χ2n) is 4.08. The van der Waals surface area contributed by atoms with Crippen LogP contribution in [0.2, 0.25) is 5.02 Å². The molecule has 0 aliphatic heterocycles. The molecule has 0 bridgehead atoms. The van der Waals surface area contributed by atoms with Crippen LogP contribution in [-0.2, 0) is 6.42 Å². The molecule has 0 saturated carbocycles. The summed E-state index contributed by atoms with van der Waals surface area (Å²) in [6.07, 6.45) is 0.767. The molecule has 0 aliphatic rings. The minimum Gasteiger partial charge on any atom is -0.324 e. The normalized spacial score (nSPS) is 12.4. The van der Waals surface area contributed by atoms with Crippen molar-refractivity contribution < 1.29 is 0 Å². The van der Waals surface area contributed by atoms with Gasteiger partial charge >= 0.3 is 0 Å². The predicted molar refractivity (Wildman–Crippen MR) is 83.9 cm³/mol. The van der Waals surface area contributed by atoms with E-state index in [9.17, 15) is 0 Å². The van der Waals surface area contributed by atoms with Crippen LogP contribution in [0.4, 0.5) is 0 Å². The van der Waals surface area contributed by atoms with Crippen LogP contribution in [0.15, 0.2) is 51.4 Å². The van der Waals surface area contributed by atoms with Gasteiger partial charge in [-0.3, -0.25) is 0 Å². The molecule has 0 aromatic heterocycles. The van der Waals surface area contributed by atoms with Crippen molar-refractivity contribution in [1.82, 2.24) is 0 Å². The first-order valence-corrected chi connectivity index (χ1v) is 7.48. The van der Waals surface area contributed by atoms with E-state index in [0.717, 1.165) is 20.9 Å². The van der Waals surface area contributed by atoms with E-state index in [2.05, 4.69) is 44.0 Å². The molecule has 4 heteroatoms. The molecule has 2 aromatic rings. The fourth-order valence-electron chi connectivity index (χ4n) is 1.79. The van der Waals surface area contributed by atoms with Gasteiger partial charge in [0.15, 0.2) is 0 Å². The molecule has 2 rings (SSSR count). The summed E-state index contributed by atoms with van der Waals surface area (Å²) in [5.41, 5.74) is 8.38. The number of benzene rings is 2. The molecule has 0 radical (unpaired) electrons. The molecule has 0 spiro atoms. The molecular weight excluding hydrogens is 377 g/mol. The van der Waals surface area contributed by atoms with Gasteiger partial charge in [0.2, 0.25) is 0 Å². The van der Waals surface area contributed by atoms with Crippen molar-refractivity contribution in [2.24, 2.45) is 5.73 Å². The molecule has 2 aromatic carbocycles. The Morgan fingerprint density at radius 2 is 1.72 bits per heavy atom. The Labute approximate surface area is 129 Å². The van der Waals surface area contributed by atoms with E-state index >= 15 is 0 Å². The van der Waals surface area contributed by atoms with Gasteiger partial charge in [-0.2, -0.15) is 0 Å². The Morgan fingerprint density at radius 1 is 1.06 bits per heavy atom. The molecule has 0 saturated heterocycles. The third-order valence-electron chi connectivity index (χ3n) is 2.75. The molecule has 1 nitrogen and oxygen atoms in total. The van der Waals surface area contributed by atoms with Gasteiger partial charge in [0, 0.05) is 15.0 Å². The van der Waals surface area contributed by atoms with Crippen LogP contribution in [0.1, 0.15) is 17.2 Å². The van der Waals surface area contributed by atoms with Crippen molar-refractivity contribution >= 4 is 43.5 Å². The van der Waals surface area contributed by atoms with Crippen LogP contribution < -0.4 is 5.73 Å². The van der Waals surface area contributed by atoms with Crippen molar-refractivity contribution in [2.45, 2.75) is 12.5 Å². The van der Waals surface area contributed by atoms with Crippen LogP contribution in [0.5, 0.6) is 0 Å². The van der Waals surface area contributed by atoms with E-state index in [1.165, 1.54) is 5.56 Å². The lowest BCUT2D eigenvalue weighted by Crippen LogP contribution is -2.13. The summed E-state index contributed by atoms with van der Waals surface area (Å²) < 4.78 is 1.95. The number of nitrogens with two attached hydrogens (primary N) is 1. The Morgan fingerprint density at radius 3 is 2.39 bits per heavy atom. The van der Waals surface area contributed by atoms with Crippen LogP contribution in [-0.4, -0.2) is 0 Å². The van der Waals surface area contributed by atoms with Gasteiger partial charge in [-0.25, -0.2) is 0 Å². The second-order valence-corrected chi connectivity index (χ2v) is 6.23. The standard InChI is InChI=1S/C14H12Br2ClN/c15-10-6-4-9(5-7-10)8-13(18)11-2-1-3-12(16)14(11)17/h1-7,13H,8,18H2. The zero-order valence-electron chi connectivity index (χ0n) is 9.54. The van der Waals surface area contributed by atoms with Crippen LogP contribution in [0, 0.1) is 0 Å². The minimum absolute atomic E-state index is 0.101. The third kappa shape index (κ3) is 3.35. The minimum atomic E-state index is -0.101. The molecule has 94 valence electrons. The van der Waals surface area contributed by atoms with Crippen molar-refractivity contribution in [3.8, 4) is 0 Å². The highest BCUT2D eigenvalue weighted by molar-refractivity contribution is 9.10. The van der Waals surface area contributed by atoms with Gasteiger partial charge < -0.3 is 5.73 Å². The summed E-state index contributed by atoms with van der Waals surface area (Å²) in [7, 11) is 0. The smallest absolute Gasteiger partial charge is 0.0595 e. The fraction of sp³-hybridized carbons (Fsp3) is 0.143. The van der Waals surface area contributed by atoms with Crippen LogP contribution in [0.3, 0.4) is 0 Å². The highest BCUT2D eigenvalue weighted by Crippen LogP contribution is 2.30. The van der Waals surface area contributed by atoms with Crippen molar-refractivity contribution in [3.63, 3.8) is 0 Å². The van der Waals surface area contributed by atoms with E-state index < -0.39 is 0 Å². The molecule has 0 fully saturated rings.